The summed E-state index contributed by atoms with van der Waals surface area (Å²) in [6.07, 6.45) is 4.61. The van der Waals surface area contributed by atoms with Crippen LogP contribution in [0, 0.1) is 0 Å². The second-order valence-corrected chi connectivity index (χ2v) is 7.37. The number of hydrogen-bond donors (Lipinski definition) is 2. The Morgan fingerprint density at radius 1 is 1.36 bits per heavy atom. The maximum Gasteiger partial charge on any atom is 0.272 e. The number of halogens is 1. The lowest BCUT2D eigenvalue weighted by molar-refractivity contribution is 0.0879. The van der Waals surface area contributed by atoms with E-state index in [1.54, 1.807) is 0 Å². The Balaban J connectivity index is 1.52. The second-order valence-electron chi connectivity index (χ2n) is 6.45. The van der Waals surface area contributed by atoms with Gasteiger partial charge in [-0.15, -0.1) is 0 Å². The van der Waals surface area contributed by atoms with E-state index in [1.165, 1.54) is 12.8 Å². The van der Waals surface area contributed by atoms with Crippen molar-refractivity contribution in [1.29, 1.82) is 0 Å². The Labute approximate surface area is 137 Å². The minimum Gasteiger partial charge on any atom is -0.348 e. The number of carbonyl (C=O) groups is 1. The summed E-state index contributed by atoms with van der Waals surface area (Å²) in [6, 6.07) is 7.31. The van der Waals surface area contributed by atoms with E-state index in [4.69, 9.17) is 0 Å². The van der Waals surface area contributed by atoms with Crippen LogP contribution in [-0.2, 0) is 0 Å². The summed E-state index contributed by atoms with van der Waals surface area (Å²) in [4.78, 5) is 15.0. The van der Waals surface area contributed by atoms with E-state index in [1.807, 2.05) is 18.2 Å². The van der Waals surface area contributed by atoms with E-state index in [2.05, 4.69) is 43.4 Å². The predicted molar refractivity (Wildman–Crippen MR) is 88.9 cm³/mol. The molecule has 2 saturated heterocycles. The minimum absolute atomic E-state index is 0.0671. The van der Waals surface area contributed by atoms with Crippen LogP contribution in [0.5, 0.6) is 0 Å². The van der Waals surface area contributed by atoms with E-state index in [0.717, 1.165) is 28.2 Å². The Kier molecular flexibility index (Phi) is 3.46. The summed E-state index contributed by atoms with van der Waals surface area (Å²) < 4.78 is 0.975. The molecule has 2 N–H and O–H groups in total. The fourth-order valence-electron chi connectivity index (χ4n) is 3.95. The van der Waals surface area contributed by atoms with Gasteiger partial charge in [0.2, 0.25) is 0 Å². The molecule has 2 aromatic rings. The lowest BCUT2D eigenvalue weighted by Gasteiger charge is -2.36. The summed E-state index contributed by atoms with van der Waals surface area (Å²) in [5.41, 5.74) is 1.37. The number of nitrogens with one attached hydrogen (secondary N) is 2. The molecule has 1 aromatic carbocycles. The van der Waals surface area contributed by atoms with Gasteiger partial charge in [-0.3, -0.25) is 9.89 Å². The van der Waals surface area contributed by atoms with Crippen LogP contribution >= 0.6 is 15.9 Å². The molecule has 0 saturated carbocycles. The van der Waals surface area contributed by atoms with Crippen LogP contribution < -0.4 is 5.32 Å². The molecule has 2 atom stereocenters. The third-order valence-electron chi connectivity index (χ3n) is 5.17. The number of nitrogens with zero attached hydrogens (tertiary/aromatic N) is 2. The maximum absolute atomic E-state index is 12.6. The molecule has 6 heteroatoms. The lowest BCUT2D eigenvalue weighted by atomic mass is 9.98. The SMILES string of the molecule is CN1C2CCC1CC(NC(=O)c1n[nH]c3cc(Br)ccc13)C2. The zero-order valence-corrected chi connectivity index (χ0v) is 14.1. The molecule has 2 fully saturated rings. The fraction of sp³-hybridized carbons (Fsp3) is 0.500. The molecule has 4 rings (SSSR count). The summed E-state index contributed by atoms with van der Waals surface area (Å²) in [7, 11) is 2.21. The van der Waals surface area contributed by atoms with Crippen LogP contribution in [-0.4, -0.2) is 46.2 Å². The maximum atomic E-state index is 12.6. The average Bonchev–Trinajstić information content (AvgIpc) is 2.97. The Morgan fingerprint density at radius 2 is 2.09 bits per heavy atom. The van der Waals surface area contributed by atoms with Crippen LogP contribution in [0.25, 0.3) is 10.9 Å². The summed E-state index contributed by atoms with van der Waals surface area (Å²) in [5, 5.41) is 11.2. The first-order valence-corrected chi connectivity index (χ1v) is 8.57. The predicted octanol–water partition coefficient (Wildman–Crippen LogP) is 2.68. The van der Waals surface area contributed by atoms with Crippen molar-refractivity contribution in [3.8, 4) is 0 Å². The normalized spacial score (nSPS) is 28.2. The molecule has 22 heavy (non-hydrogen) atoms. The van der Waals surface area contributed by atoms with Gasteiger partial charge in [-0.25, -0.2) is 0 Å². The number of aromatic amines is 1. The Morgan fingerprint density at radius 3 is 2.82 bits per heavy atom. The van der Waals surface area contributed by atoms with Gasteiger partial charge in [0.25, 0.3) is 5.91 Å². The van der Waals surface area contributed by atoms with Crippen LogP contribution in [0.3, 0.4) is 0 Å². The lowest BCUT2D eigenvalue weighted by Crippen LogP contribution is -2.48. The van der Waals surface area contributed by atoms with Gasteiger partial charge in [0.1, 0.15) is 0 Å². The molecule has 3 heterocycles. The molecule has 116 valence electrons. The van der Waals surface area contributed by atoms with Gasteiger partial charge in [-0.05, 0) is 50.9 Å². The molecular formula is C16H19BrN4O. The first kappa shape index (κ1) is 14.2. The molecule has 5 nitrogen and oxygen atoms in total. The Bertz CT molecular complexity index is 714. The van der Waals surface area contributed by atoms with Gasteiger partial charge in [0, 0.05) is 28.0 Å². The highest BCUT2D eigenvalue weighted by Crippen LogP contribution is 2.34. The van der Waals surface area contributed by atoms with Gasteiger partial charge in [0.15, 0.2) is 5.69 Å². The van der Waals surface area contributed by atoms with Crippen LogP contribution in [0.2, 0.25) is 0 Å². The number of fused-ring (bicyclic) bond motifs is 3. The van der Waals surface area contributed by atoms with Crippen molar-refractivity contribution in [2.24, 2.45) is 0 Å². The van der Waals surface area contributed by atoms with Crippen molar-refractivity contribution in [2.45, 2.75) is 43.8 Å². The standard InChI is InChI=1S/C16H19BrN4O/c1-21-11-3-4-12(21)8-10(7-11)18-16(22)15-13-5-2-9(17)6-14(13)19-20-15/h2,5-6,10-12H,3-4,7-8H2,1H3,(H,18,22)(H,19,20). The van der Waals surface area contributed by atoms with E-state index >= 15 is 0 Å². The number of carbonyl (C=O) groups excluding carboxylic acids is 1. The van der Waals surface area contributed by atoms with E-state index in [9.17, 15) is 4.79 Å². The van der Waals surface area contributed by atoms with Gasteiger partial charge in [-0.2, -0.15) is 5.10 Å². The highest BCUT2D eigenvalue weighted by atomic mass is 79.9. The van der Waals surface area contributed by atoms with Crippen molar-refractivity contribution < 1.29 is 4.79 Å². The molecule has 2 aliphatic rings. The van der Waals surface area contributed by atoms with Crippen molar-refractivity contribution >= 4 is 32.7 Å². The minimum atomic E-state index is -0.0671. The first-order valence-electron chi connectivity index (χ1n) is 7.78. The third kappa shape index (κ3) is 2.34. The van der Waals surface area contributed by atoms with Crippen molar-refractivity contribution in [2.75, 3.05) is 7.05 Å². The molecule has 1 amide bonds. The smallest absolute Gasteiger partial charge is 0.272 e. The Hall–Kier alpha value is -1.40. The van der Waals surface area contributed by atoms with E-state index in [-0.39, 0.29) is 11.9 Å². The van der Waals surface area contributed by atoms with Crippen LogP contribution in [0.15, 0.2) is 22.7 Å². The monoisotopic (exact) mass is 362 g/mol. The molecule has 0 radical (unpaired) electrons. The number of H-pyrrole nitrogens is 1. The summed E-state index contributed by atoms with van der Waals surface area (Å²) >= 11 is 3.43. The molecule has 2 unspecified atom stereocenters. The van der Waals surface area contributed by atoms with Crippen molar-refractivity contribution in [1.82, 2.24) is 20.4 Å². The largest absolute Gasteiger partial charge is 0.348 e. The number of amides is 1. The molecular weight excluding hydrogens is 344 g/mol. The highest BCUT2D eigenvalue weighted by molar-refractivity contribution is 9.10. The van der Waals surface area contributed by atoms with Crippen LogP contribution in [0.1, 0.15) is 36.2 Å². The summed E-state index contributed by atoms with van der Waals surface area (Å²) in [5.74, 6) is -0.0671. The average molecular weight is 363 g/mol. The van der Waals surface area contributed by atoms with Crippen LogP contribution in [0.4, 0.5) is 0 Å². The number of hydrogen-bond acceptors (Lipinski definition) is 3. The quantitative estimate of drug-likeness (QED) is 0.863. The molecule has 0 aliphatic carbocycles. The van der Waals surface area contributed by atoms with Gasteiger partial charge >= 0.3 is 0 Å². The van der Waals surface area contributed by atoms with Crippen molar-refractivity contribution in [3.05, 3.63) is 28.4 Å². The second kappa shape index (κ2) is 5.35. The number of rotatable bonds is 2. The molecule has 0 spiro atoms. The zero-order valence-electron chi connectivity index (χ0n) is 12.5. The molecule has 1 aromatic heterocycles. The first-order chi connectivity index (χ1) is 10.6. The molecule has 2 aliphatic heterocycles. The van der Waals surface area contributed by atoms with Gasteiger partial charge in [-0.1, -0.05) is 15.9 Å². The fourth-order valence-corrected chi connectivity index (χ4v) is 4.31. The number of piperidine rings is 1. The van der Waals surface area contributed by atoms with Crippen molar-refractivity contribution in [3.63, 3.8) is 0 Å². The summed E-state index contributed by atoms with van der Waals surface area (Å²) in [6.45, 7) is 0. The third-order valence-corrected chi connectivity index (χ3v) is 5.67. The number of aromatic nitrogens is 2. The molecule has 2 bridgehead atoms. The van der Waals surface area contributed by atoms with Gasteiger partial charge < -0.3 is 10.2 Å². The van der Waals surface area contributed by atoms with Gasteiger partial charge in [0.05, 0.1) is 5.52 Å². The van der Waals surface area contributed by atoms with E-state index < -0.39 is 0 Å². The highest BCUT2D eigenvalue weighted by Gasteiger charge is 2.39. The zero-order chi connectivity index (χ0) is 15.3. The topological polar surface area (TPSA) is 61.0 Å². The van der Waals surface area contributed by atoms with E-state index in [0.29, 0.717) is 17.8 Å². The number of benzene rings is 1.